The Hall–Kier alpha value is -3.60. The molecule has 0 amide bonds. The van der Waals surface area contributed by atoms with Gasteiger partial charge < -0.3 is 9.30 Å². The Kier molecular flexibility index (Phi) is 6.62. The van der Waals surface area contributed by atoms with Crippen molar-refractivity contribution < 1.29 is 9.53 Å². The van der Waals surface area contributed by atoms with E-state index in [4.69, 9.17) is 4.74 Å². The molecule has 4 aromatic rings. The van der Waals surface area contributed by atoms with Gasteiger partial charge in [-0.2, -0.15) is 5.10 Å². The summed E-state index contributed by atoms with van der Waals surface area (Å²) in [5, 5.41) is 7.20. The maximum Gasteiger partial charge on any atom is 0.356 e. The molecule has 2 heterocycles. The predicted octanol–water partition coefficient (Wildman–Crippen LogP) is 5.74. The average Bonchev–Trinajstić information content (AvgIpc) is 3.46. The maximum atomic E-state index is 12.0. The number of esters is 1. The second kappa shape index (κ2) is 9.94. The van der Waals surface area contributed by atoms with Crippen LogP contribution in [0.5, 0.6) is 0 Å². The van der Waals surface area contributed by atoms with Gasteiger partial charge in [-0.1, -0.05) is 60.7 Å². The van der Waals surface area contributed by atoms with Crippen molar-refractivity contribution in [2.75, 3.05) is 6.61 Å². The molecular weight excluding hydrogens is 386 g/mol. The minimum absolute atomic E-state index is 0.335. The fraction of sp³-hybridized carbons (Fsp3) is 0.231. The van der Waals surface area contributed by atoms with Crippen molar-refractivity contribution in [3.63, 3.8) is 0 Å². The van der Waals surface area contributed by atoms with Gasteiger partial charge in [-0.3, -0.25) is 5.10 Å². The Morgan fingerprint density at radius 2 is 1.68 bits per heavy atom. The molecular formula is C26H27N3O2. The SMILES string of the molecule is CCOC(=O)c1cc(-c2cn(CCCCc3ccccc3)cc2-c2ccccc2)n[nH]1. The van der Waals surface area contributed by atoms with Crippen LogP contribution in [0.3, 0.4) is 0 Å². The minimum atomic E-state index is -0.386. The lowest BCUT2D eigenvalue weighted by Crippen LogP contribution is -2.04. The first-order valence-corrected chi connectivity index (χ1v) is 10.8. The number of aromatic amines is 1. The molecule has 5 nitrogen and oxygen atoms in total. The molecule has 0 fully saturated rings. The van der Waals surface area contributed by atoms with Crippen molar-refractivity contribution in [2.24, 2.45) is 0 Å². The number of hydrogen-bond acceptors (Lipinski definition) is 3. The van der Waals surface area contributed by atoms with E-state index in [1.54, 1.807) is 13.0 Å². The largest absolute Gasteiger partial charge is 0.461 e. The summed E-state index contributed by atoms with van der Waals surface area (Å²) in [7, 11) is 0. The Bertz CT molecular complexity index is 1110. The molecule has 1 N–H and O–H groups in total. The van der Waals surface area contributed by atoms with Gasteiger partial charge in [0.2, 0.25) is 0 Å². The molecule has 4 rings (SSSR count). The van der Waals surface area contributed by atoms with Gasteiger partial charge in [0.15, 0.2) is 0 Å². The molecule has 0 atom stereocenters. The van der Waals surface area contributed by atoms with Gasteiger partial charge in [0.25, 0.3) is 0 Å². The Labute approximate surface area is 182 Å². The van der Waals surface area contributed by atoms with Crippen molar-refractivity contribution in [1.29, 1.82) is 0 Å². The summed E-state index contributed by atoms with van der Waals surface area (Å²) in [6, 6.07) is 22.6. The van der Waals surface area contributed by atoms with Gasteiger partial charge in [-0.15, -0.1) is 0 Å². The summed E-state index contributed by atoms with van der Waals surface area (Å²) in [5.41, 5.74) is 5.72. The molecule has 0 aliphatic carbocycles. The quantitative estimate of drug-likeness (QED) is 0.281. The van der Waals surface area contributed by atoms with Crippen LogP contribution in [0.4, 0.5) is 0 Å². The van der Waals surface area contributed by atoms with E-state index in [1.807, 2.05) is 18.2 Å². The number of rotatable bonds is 9. The van der Waals surface area contributed by atoms with Crippen LogP contribution in [0, 0.1) is 0 Å². The fourth-order valence-corrected chi connectivity index (χ4v) is 3.73. The highest BCUT2D eigenvalue weighted by molar-refractivity contribution is 5.90. The number of aromatic nitrogens is 3. The van der Waals surface area contributed by atoms with E-state index in [9.17, 15) is 4.79 Å². The van der Waals surface area contributed by atoms with Crippen molar-refractivity contribution in [2.45, 2.75) is 32.7 Å². The molecule has 0 unspecified atom stereocenters. The van der Waals surface area contributed by atoms with Crippen LogP contribution < -0.4 is 0 Å². The smallest absolute Gasteiger partial charge is 0.356 e. The highest BCUT2D eigenvalue weighted by atomic mass is 16.5. The molecule has 0 aliphatic heterocycles. The number of carbonyl (C=O) groups excluding carboxylic acids is 1. The standard InChI is InChI=1S/C26H27N3O2/c1-2-31-26(30)25-17-24(27-28-25)23-19-29(18-22(23)21-14-7-4-8-15-21)16-10-9-13-20-11-5-3-6-12-20/h3-8,11-12,14-15,17-19H,2,9-10,13,16H2,1H3,(H,27,28). The molecule has 0 aliphatic rings. The van der Waals surface area contributed by atoms with Gasteiger partial charge >= 0.3 is 5.97 Å². The lowest BCUT2D eigenvalue weighted by Gasteiger charge is -2.03. The number of benzene rings is 2. The summed E-state index contributed by atoms with van der Waals surface area (Å²) >= 11 is 0. The topological polar surface area (TPSA) is 59.9 Å². The summed E-state index contributed by atoms with van der Waals surface area (Å²) in [5.74, 6) is -0.386. The zero-order valence-corrected chi connectivity index (χ0v) is 17.8. The monoisotopic (exact) mass is 413 g/mol. The van der Waals surface area contributed by atoms with E-state index >= 15 is 0 Å². The summed E-state index contributed by atoms with van der Waals surface area (Å²) < 4.78 is 7.31. The first kappa shape index (κ1) is 20.7. The number of ether oxygens (including phenoxy) is 1. The van der Waals surface area contributed by atoms with Crippen molar-refractivity contribution in [1.82, 2.24) is 14.8 Å². The third kappa shape index (κ3) is 5.12. The second-order valence-electron chi connectivity index (χ2n) is 7.52. The number of aryl methyl sites for hydroxylation is 2. The lowest BCUT2D eigenvalue weighted by atomic mass is 10.0. The molecule has 0 saturated heterocycles. The van der Waals surface area contributed by atoms with E-state index in [2.05, 4.69) is 69.6 Å². The fourth-order valence-electron chi connectivity index (χ4n) is 3.73. The van der Waals surface area contributed by atoms with Crippen LogP contribution in [0.1, 0.15) is 35.8 Å². The summed E-state index contributed by atoms with van der Waals surface area (Å²) in [4.78, 5) is 12.0. The van der Waals surface area contributed by atoms with Gasteiger partial charge in [0.1, 0.15) is 5.69 Å². The van der Waals surface area contributed by atoms with Gasteiger partial charge in [-0.05, 0) is 43.4 Å². The Morgan fingerprint density at radius 3 is 2.42 bits per heavy atom. The van der Waals surface area contributed by atoms with Gasteiger partial charge in [0.05, 0.1) is 12.3 Å². The number of carbonyl (C=O) groups is 1. The highest BCUT2D eigenvalue weighted by Gasteiger charge is 2.17. The third-order valence-electron chi connectivity index (χ3n) is 5.29. The van der Waals surface area contributed by atoms with Crippen molar-refractivity contribution in [3.05, 3.63) is 90.4 Å². The number of unbranched alkanes of at least 4 members (excludes halogenated alkanes) is 1. The third-order valence-corrected chi connectivity index (χ3v) is 5.29. The zero-order valence-electron chi connectivity index (χ0n) is 17.8. The average molecular weight is 414 g/mol. The second-order valence-corrected chi connectivity index (χ2v) is 7.52. The van der Waals surface area contributed by atoms with Gasteiger partial charge in [-0.25, -0.2) is 4.79 Å². The van der Waals surface area contributed by atoms with Crippen molar-refractivity contribution >= 4 is 5.97 Å². The first-order chi connectivity index (χ1) is 15.2. The molecule has 0 radical (unpaired) electrons. The van der Waals surface area contributed by atoms with Crippen LogP contribution in [0.25, 0.3) is 22.4 Å². The lowest BCUT2D eigenvalue weighted by molar-refractivity contribution is 0.0519. The molecule has 31 heavy (non-hydrogen) atoms. The highest BCUT2D eigenvalue weighted by Crippen LogP contribution is 2.32. The number of hydrogen-bond donors (Lipinski definition) is 1. The molecule has 0 spiro atoms. The van der Waals surface area contributed by atoms with Crippen LogP contribution in [-0.4, -0.2) is 27.3 Å². The van der Waals surface area contributed by atoms with Gasteiger partial charge in [0, 0.05) is 30.1 Å². The van der Waals surface area contributed by atoms with E-state index in [0.717, 1.165) is 48.2 Å². The summed E-state index contributed by atoms with van der Waals surface area (Å²) in [6.45, 7) is 3.06. The van der Waals surface area contributed by atoms with Crippen LogP contribution in [-0.2, 0) is 17.7 Å². The predicted molar refractivity (Wildman–Crippen MR) is 123 cm³/mol. The molecule has 0 bridgehead atoms. The molecule has 2 aromatic carbocycles. The van der Waals surface area contributed by atoms with E-state index in [0.29, 0.717) is 12.3 Å². The van der Waals surface area contributed by atoms with E-state index in [-0.39, 0.29) is 5.97 Å². The van der Waals surface area contributed by atoms with Crippen molar-refractivity contribution in [3.8, 4) is 22.4 Å². The number of nitrogens with one attached hydrogen (secondary N) is 1. The first-order valence-electron chi connectivity index (χ1n) is 10.8. The maximum absolute atomic E-state index is 12.0. The van der Waals surface area contributed by atoms with E-state index < -0.39 is 0 Å². The molecule has 5 heteroatoms. The number of nitrogens with zero attached hydrogens (tertiary/aromatic N) is 2. The zero-order chi connectivity index (χ0) is 21.5. The number of H-pyrrole nitrogens is 1. The Morgan fingerprint density at radius 1 is 0.968 bits per heavy atom. The summed E-state index contributed by atoms with van der Waals surface area (Å²) in [6.07, 6.45) is 7.60. The molecule has 0 saturated carbocycles. The van der Waals surface area contributed by atoms with Crippen LogP contribution >= 0.6 is 0 Å². The molecule has 158 valence electrons. The minimum Gasteiger partial charge on any atom is -0.461 e. The van der Waals surface area contributed by atoms with Crippen LogP contribution in [0.15, 0.2) is 79.1 Å². The van der Waals surface area contributed by atoms with E-state index in [1.165, 1.54) is 5.56 Å². The normalized spacial score (nSPS) is 10.9. The van der Waals surface area contributed by atoms with Crippen LogP contribution in [0.2, 0.25) is 0 Å². The Balaban J connectivity index is 1.53. The molecule has 2 aromatic heterocycles.